The fraction of sp³-hybridized carbons (Fsp3) is 0.725. The molecule has 2 aromatic heterocycles. The summed E-state index contributed by atoms with van der Waals surface area (Å²) in [5, 5.41) is 0. The monoisotopic (exact) mass is 796 g/mol. The van der Waals surface area contributed by atoms with Crippen LogP contribution in [0.15, 0.2) is 61.2 Å². The normalized spacial score (nSPS) is 36.2. The van der Waals surface area contributed by atoms with E-state index in [0.29, 0.717) is 68.0 Å². The fourth-order valence-corrected chi connectivity index (χ4v) is 14.6. The third-order valence-electron chi connectivity index (χ3n) is 18.1. The number of anilines is 1. The summed E-state index contributed by atoms with van der Waals surface area (Å²) in [7, 11) is 4.08. The number of pyridine rings is 2. The summed E-state index contributed by atoms with van der Waals surface area (Å²) < 4.78 is 16.9. The smallest absolute Gasteiger partial charge is 0.312 e. The number of aromatic nitrogens is 2. The summed E-state index contributed by atoms with van der Waals surface area (Å²) in [4.78, 5) is 28.8. The molecular formula is C51H77N3O4+2. The number of carbonyl (C=O) groups is 2. The molecule has 5 aliphatic rings. The minimum absolute atomic E-state index is 0.0396. The molecule has 7 nitrogen and oxygen atoms in total. The molecular weight excluding hydrogens is 719 g/mol. The number of fused-ring (bicyclic) bond motifs is 7. The third kappa shape index (κ3) is 7.45. The molecule has 5 fully saturated rings. The molecule has 0 aromatic carbocycles. The van der Waals surface area contributed by atoms with Gasteiger partial charge in [-0.3, -0.25) is 9.59 Å². The summed E-state index contributed by atoms with van der Waals surface area (Å²) >= 11 is 0. The molecule has 5 aliphatic carbocycles. The van der Waals surface area contributed by atoms with Gasteiger partial charge in [0.1, 0.15) is 18.9 Å². The van der Waals surface area contributed by atoms with E-state index in [-0.39, 0.29) is 45.1 Å². The van der Waals surface area contributed by atoms with Gasteiger partial charge in [0.15, 0.2) is 37.9 Å². The molecule has 2 heterocycles. The van der Waals surface area contributed by atoms with Crippen LogP contribution in [0.4, 0.5) is 5.69 Å². The Bertz CT molecular complexity index is 1820. The zero-order valence-corrected chi connectivity index (χ0v) is 37.9. The lowest BCUT2D eigenvalue weighted by molar-refractivity contribution is -0.696. The van der Waals surface area contributed by atoms with E-state index >= 15 is 0 Å². The molecule has 318 valence electrons. The second-order valence-corrected chi connectivity index (χ2v) is 21.8. The van der Waals surface area contributed by atoms with E-state index in [9.17, 15) is 9.59 Å². The van der Waals surface area contributed by atoms with E-state index in [1.54, 1.807) is 0 Å². The number of allylic oxidation sites excluding steroid dienone is 1. The summed E-state index contributed by atoms with van der Waals surface area (Å²) in [5.74, 6) is 3.10. The zero-order valence-electron chi connectivity index (χ0n) is 37.9. The lowest BCUT2D eigenvalue weighted by atomic mass is 9.32. The van der Waals surface area contributed by atoms with Crippen molar-refractivity contribution in [2.75, 3.05) is 25.6 Å². The molecule has 0 bridgehead atoms. The molecule has 58 heavy (non-hydrogen) atoms. The largest absolute Gasteiger partial charge is 0.465 e. The third-order valence-corrected chi connectivity index (χ3v) is 18.1. The van der Waals surface area contributed by atoms with Gasteiger partial charge in [-0.05, 0) is 128 Å². The molecule has 0 radical (unpaired) electrons. The predicted molar refractivity (Wildman–Crippen MR) is 231 cm³/mol. The number of rotatable bonds is 12. The maximum Gasteiger partial charge on any atom is 0.312 e. The molecule has 0 aliphatic heterocycles. The summed E-state index contributed by atoms with van der Waals surface area (Å²) in [6.45, 7) is 25.9. The van der Waals surface area contributed by atoms with Gasteiger partial charge in [0.25, 0.3) is 0 Å². The van der Waals surface area contributed by atoms with Crippen LogP contribution in [0.3, 0.4) is 0 Å². The van der Waals surface area contributed by atoms with Crippen molar-refractivity contribution < 1.29 is 28.2 Å². The quantitative estimate of drug-likeness (QED) is 0.122. The highest BCUT2D eigenvalue weighted by Crippen LogP contribution is 2.77. The van der Waals surface area contributed by atoms with Crippen LogP contribution in [0.2, 0.25) is 0 Å². The molecule has 7 rings (SSSR count). The van der Waals surface area contributed by atoms with Crippen molar-refractivity contribution in [3.63, 3.8) is 0 Å². The second-order valence-electron chi connectivity index (χ2n) is 21.8. The van der Waals surface area contributed by atoms with Crippen molar-refractivity contribution in [3.05, 3.63) is 66.8 Å². The summed E-state index contributed by atoms with van der Waals surface area (Å²) in [6.07, 6.45) is 20.7. The molecule has 0 N–H and O–H groups in total. The van der Waals surface area contributed by atoms with Crippen LogP contribution in [0.1, 0.15) is 144 Å². The first-order valence-electron chi connectivity index (χ1n) is 23.0. The van der Waals surface area contributed by atoms with Gasteiger partial charge in [0.05, 0.1) is 6.61 Å². The highest BCUT2D eigenvalue weighted by atomic mass is 16.5. The Balaban J connectivity index is 1.02. The first-order chi connectivity index (χ1) is 27.3. The zero-order chi connectivity index (χ0) is 41.8. The topological polar surface area (TPSA) is 63.6 Å². The number of nitrogens with zero attached hydrogens (tertiary/aromatic N) is 3. The predicted octanol–water partition coefficient (Wildman–Crippen LogP) is 10.0. The standard InChI is InChI=1S/C51H77N3O4/c1-35(2)37-17-28-53(29-18-37)32-21-44(55)57-34-51-25-14-39(36(3)4)46(51)40-12-13-42-48(7)23-16-43(58-45(56)22-33-54-30-19-38(20-31-54)52(10)11)47(5,6)41(48)15-24-50(42,9)49(40,8)26-27-51/h17-20,28-31,35,39-43,46H,3,12-16,21-27,32-34H2,1-2,4-11H3/q+2/t39-,40?,41?,42?,43-,46?,48-,49+,50+,51+/m0/s1. The highest BCUT2D eigenvalue weighted by Gasteiger charge is 2.71. The number of esters is 2. The fourth-order valence-electron chi connectivity index (χ4n) is 14.6. The Morgan fingerprint density at radius 2 is 1.41 bits per heavy atom. The highest BCUT2D eigenvalue weighted by molar-refractivity contribution is 5.69. The Hall–Kier alpha value is -3.22. The number of hydrogen-bond donors (Lipinski definition) is 0. The van der Waals surface area contributed by atoms with Crippen LogP contribution in [0, 0.1) is 56.7 Å². The van der Waals surface area contributed by atoms with Crippen LogP contribution >= 0.6 is 0 Å². The minimum atomic E-state index is -0.0830. The minimum Gasteiger partial charge on any atom is -0.465 e. The second kappa shape index (κ2) is 16.0. The first kappa shape index (κ1) is 42.9. The van der Waals surface area contributed by atoms with E-state index in [0.717, 1.165) is 37.8 Å². The number of hydrogen-bond acceptors (Lipinski definition) is 5. The summed E-state index contributed by atoms with van der Waals surface area (Å²) in [5.41, 5.74) is 4.39. The SMILES string of the molecule is C=C(C)[C@@H]1CC[C@]2(COC(=O)CC[n+]3ccc(C(C)C)cc3)CC[C@]3(C)C(CCC4[C@@]5(C)CC[C@H](OC(=O)CC[n+]6ccc(N(C)C)cc6)C(C)(C)C5CC[C@]43C)C12. The van der Waals surface area contributed by atoms with Gasteiger partial charge < -0.3 is 14.4 Å². The van der Waals surface area contributed by atoms with Gasteiger partial charge in [0.2, 0.25) is 0 Å². The molecule has 7 heteroatoms. The van der Waals surface area contributed by atoms with Crippen molar-refractivity contribution in [2.24, 2.45) is 56.7 Å². The molecule has 0 saturated heterocycles. The number of carbonyl (C=O) groups excluding carboxylic acids is 2. The number of aryl methyl sites for hydroxylation is 2. The average molecular weight is 796 g/mol. The first-order valence-corrected chi connectivity index (χ1v) is 23.0. The Labute approximate surface area is 351 Å². The van der Waals surface area contributed by atoms with Crippen molar-refractivity contribution in [2.45, 2.75) is 158 Å². The van der Waals surface area contributed by atoms with Crippen LogP contribution in [0.5, 0.6) is 0 Å². The lowest BCUT2D eigenvalue weighted by Crippen LogP contribution is -2.67. The van der Waals surface area contributed by atoms with E-state index in [4.69, 9.17) is 9.47 Å². The maximum atomic E-state index is 13.4. The van der Waals surface area contributed by atoms with E-state index in [2.05, 4.69) is 125 Å². The average Bonchev–Trinajstić information content (AvgIpc) is 3.57. The van der Waals surface area contributed by atoms with Gasteiger partial charge >= 0.3 is 11.9 Å². The van der Waals surface area contributed by atoms with Crippen LogP contribution in [-0.4, -0.2) is 38.7 Å². The Morgan fingerprint density at radius 1 is 0.776 bits per heavy atom. The van der Waals surface area contributed by atoms with Crippen LogP contribution in [-0.2, 0) is 32.2 Å². The maximum absolute atomic E-state index is 13.4. The lowest BCUT2D eigenvalue weighted by Gasteiger charge is -2.73. The van der Waals surface area contributed by atoms with E-state index < -0.39 is 0 Å². The molecule has 5 saturated carbocycles. The van der Waals surface area contributed by atoms with E-state index in [1.165, 1.54) is 43.2 Å². The Kier molecular flexibility index (Phi) is 11.8. The van der Waals surface area contributed by atoms with Gasteiger partial charge in [-0.15, -0.1) is 0 Å². The van der Waals surface area contributed by atoms with Crippen LogP contribution in [0.25, 0.3) is 0 Å². The summed E-state index contributed by atoms with van der Waals surface area (Å²) in [6, 6.07) is 8.50. The molecule has 10 atom stereocenters. The van der Waals surface area contributed by atoms with Crippen molar-refractivity contribution >= 4 is 17.6 Å². The molecule has 2 aromatic rings. The molecule has 0 amide bonds. The van der Waals surface area contributed by atoms with E-state index in [1.807, 2.05) is 14.1 Å². The van der Waals surface area contributed by atoms with Crippen molar-refractivity contribution in [1.29, 1.82) is 0 Å². The molecule has 4 unspecified atom stereocenters. The van der Waals surface area contributed by atoms with Crippen molar-refractivity contribution in [3.8, 4) is 0 Å². The van der Waals surface area contributed by atoms with Crippen LogP contribution < -0.4 is 14.0 Å². The van der Waals surface area contributed by atoms with Crippen molar-refractivity contribution in [1.82, 2.24) is 0 Å². The van der Waals surface area contributed by atoms with Gasteiger partial charge in [-0.25, -0.2) is 9.13 Å². The van der Waals surface area contributed by atoms with Gasteiger partial charge in [0, 0.05) is 54.9 Å². The number of ether oxygens (including phenoxy) is 2. The molecule has 0 spiro atoms. The Morgan fingerprint density at radius 3 is 2.03 bits per heavy atom. The van der Waals surface area contributed by atoms with Gasteiger partial charge in [-0.2, -0.15) is 0 Å². The van der Waals surface area contributed by atoms with Gasteiger partial charge in [-0.1, -0.05) is 60.6 Å².